The summed E-state index contributed by atoms with van der Waals surface area (Å²) in [7, 11) is 0. The second-order valence-corrected chi connectivity index (χ2v) is 3.36. The van der Waals surface area contributed by atoms with Crippen LogP contribution in [0.2, 0.25) is 0 Å². The summed E-state index contributed by atoms with van der Waals surface area (Å²) < 4.78 is 10.3. The Kier molecular flexibility index (Phi) is 2.55. The molecule has 0 amide bonds. The van der Waals surface area contributed by atoms with E-state index >= 15 is 0 Å². The highest BCUT2D eigenvalue weighted by Gasteiger charge is 2.16. The summed E-state index contributed by atoms with van der Waals surface area (Å²) in [5.41, 5.74) is 6.61. The minimum atomic E-state index is -0.172. The molecule has 0 saturated carbocycles. The highest BCUT2D eigenvalue weighted by atomic mass is 16.5. The molecule has 2 heterocycles. The third-order valence-electron chi connectivity index (χ3n) is 2.30. The largest absolute Gasteiger partial charge is 0.469 e. The molecule has 0 saturated heterocycles. The van der Waals surface area contributed by atoms with E-state index in [1.165, 1.54) is 0 Å². The molecule has 5 nitrogen and oxygen atoms in total. The van der Waals surface area contributed by atoms with Crippen LogP contribution in [0.1, 0.15) is 31.0 Å². The van der Waals surface area contributed by atoms with E-state index in [0.717, 1.165) is 17.7 Å². The lowest BCUT2D eigenvalue weighted by molar-refractivity contribution is 0.414. The number of hydrogen-bond acceptors (Lipinski definition) is 5. The minimum Gasteiger partial charge on any atom is -0.469 e. The van der Waals surface area contributed by atoms with E-state index in [0.29, 0.717) is 11.7 Å². The van der Waals surface area contributed by atoms with Gasteiger partial charge in [0.25, 0.3) is 5.89 Å². The number of furan rings is 1. The molecule has 0 bridgehead atoms. The van der Waals surface area contributed by atoms with Crippen molar-refractivity contribution in [3.63, 3.8) is 0 Å². The topological polar surface area (TPSA) is 78.1 Å². The highest BCUT2D eigenvalue weighted by molar-refractivity contribution is 5.54. The Bertz CT molecular complexity index is 447. The molecule has 2 aromatic heterocycles. The third kappa shape index (κ3) is 1.78. The summed E-state index contributed by atoms with van der Waals surface area (Å²) in [6.45, 7) is 3.82. The smallest absolute Gasteiger partial charge is 0.261 e. The molecule has 0 radical (unpaired) electrons. The lowest BCUT2D eigenvalue weighted by Gasteiger charge is -1.99. The zero-order valence-corrected chi connectivity index (χ0v) is 8.73. The first-order chi connectivity index (χ1) is 7.22. The summed E-state index contributed by atoms with van der Waals surface area (Å²) in [6.07, 6.45) is 2.37. The number of hydrogen-bond donors (Lipinski definition) is 1. The Balaban J connectivity index is 2.32. The van der Waals surface area contributed by atoms with Crippen LogP contribution in [-0.2, 0) is 0 Å². The monoisotopic (exact) mass is 207 g/mol. The Morgan fingerprint density at radius 2 is 2.33 bits per heavy atom. The van der Waals surface area contributed by atoms with Crippen molar-refractivity contribution in [3.05, 3.63) is 23.9 Å². The average Bonchev–Trinajstić information content (AvgIpc) is 2.84. The third-order valence-corrected chi connectivity index (χ3v) is 2.30. The summed E-state index contributed by atoms with van der Waals surface area (Å²) in [4.78, 5) is 4.22. The van der Waals surface area contributed by atoms with E-state index in [1.807, 2.05) is 13.8 Å². The van der Waals surface area contributed by atoms with Gasteiger partial charge in [0.2, 0.25) is 0 Å². The van der Waals surface area contributed by atoms with Crippen LogP contribution in [0.15, 0.2) is 21.3 Å². The molecule has 0 aliphatic carbocycles. The van der Waals surface area contributed by atoms with Gasteiger partial charge in [-0.05, 0) is 19.4 Å². The van der Waals surface area contributed by atoms with Crippen LogP contribution >= 0.6 is 0 Å². The van der Waals surface area contributed by atoms with Gasteiger partial charge in [-0.25, -0.2) is 0 Å². The predicted molar refractivity (Wildman–Crippen MR) is 54.0 cm³/mol. The number of rotatable bonds is 3. The van der Waals surface area contributed by atoms with Crippen LogP contribution in [0.4, 0.5) is 0 Å². The van der Waals surface area contributed by atoms with Crippen LogP contribution in [0.3, 0.4) is 0 Å². The number of aryl methyl sites for hydroxylation is 1. The van der Waals surface area contributed by atoms with Crippen molar-refractivity contribution in [2.75, 3.05) is 0 Å². The predicted octanol–water partition coefficient (Wildman–Crippen LogP) is 2.05. The van der Waals surface area contributed by atoms with Crippen molar-refractivity contribution < 1.29 is 8.94 Å². The SMILES string of the molecule is CCC(N)c1noc(-c2ccoc2C)n1. The van der Waals surface area contributed by atoms with Crippen molar-refractivity contribution in [1.82, 2.24) is 10.1 Å². The van der Waals surface area contributed by atoms with Gasteiger partial charge in [-0.2, -0.15) is 4.98 Å². The van der Waals surface area contributed by atoms with Crippen molar-refractivity contribution in [2.24, 2.45) is 5.73 Å². The van der Waals surface area contributed by atoms with Crippen molar-refractivity contribution in [1.29, 1.82) is 0 Å². The molecule has 80 valence electrons. The van der Waals surface area contributed by atoms with Gasteiger partial charge in [-0.15, -0.1) is 0 Å². The fraction of sp³-hybridized carbons (Fsp3) is 0.400. The molecule has 2 rings (SSSR count). The standard InChI is InChI=1S/C10H13N3O2/c1-3-8(11)9-12-10(15-13-9)7-4-5-14-6(7)2/h4-5,8H,3,11H2,1-2H3. The lowest BCUT2D eigenvalue weighted by Crippen LogP contribution is -2.10. The number of nitrogens with zero attached hydrogens (tertiary/aromatic N) is 2. The van der Waals surface area contributed by atoms with Crippen LogP contribution in [0.5, 0.6) is 0 Å². The molecule has 2 aromatic rings. The average molecular weight is 207 g/mol. The van der Waals surface area contributed by atoms with Gasteiger partial charge in [0, 0.05) is 0 Å². The summed E-state index contributed by atoms with van der Waals surface area (Å²) in [6, 6.07) is 1.62. The van der Waals surface area contributed by atoms with Gasteiger partial charge in [0.1, 0.15) is 5.76 Å². The fourth-order valence-electron chi connectivity index (χ4n) is 1.28. The van der Waals surface area contributed by atoms with E-state index in [9.17, 15) is 0 Å². The first-order valence-corrected chi connectivity index (χ1v) is 4.86. The molecule has 0 fully saturated rings. The Morgan fingerprint density at radius 3 is 2.93 bits per heavy atom. The van der Waals surface area contributed by atoms with Crippen LogP contribution in [0.25, 0.3) is 11.5 Å². The Morgan fingerprint density at radius 1 is 1.53 bits per heavy atom. The molecule has 2 N–H and O–H groups in total. The summed E-state index contributed by atoms with van der Waals surface area (Å²) in [5.74, 6) is 1.75. The van der Waals surface area contributed by atoms with Gasteiger partial charge >= 0.3 is 0 Å². The van der Waals surface area contributed by atoms with Gasteiger partial charge < -0.3 is 14.7 Å². The van der Waals surface area contributed by atoms with Crippen molar-refractivity contribution >= 4 is 0 Å². The van der Waals surface area contributed by atoms with Crippen LogP contribution in [-0.4, -0.2) is 10.1 Å². The number of nitrogens with two attached hydrogens (primary N) is 1. The maximum atomic E-state index is 5.79. The van der Waals surface area contributed by atoms with E-state index in [2.05, 4.69) is 10.1 Å². The molecule has 5 heteroatoms. The molecule has 0 aliphatic rings. The normalized spacial score (nSPS) is 13.0. The second kappa shape index (κ2) is 3.86. The fourth-order valence-corrected chi connectivity index (χ4v) is 1.28. The van der Waals surface area contributed by atoms with Crippen molar-refractivity contribution in [2.45, 2.75) is 26.3 Å². The van der Waals surface area contributed by atoms with Gasteiger partial charge in [-0.3, -0.25) is 0 Å². The molecule has 0 aliphatic heterocycles. The Labute approximate surface area is 87.3 Å². The molecule has 15 heavy (non-hydrogen) atoms. The molecule has 0 aromatic carbocycles. The molecular weight excluding hydrogens is 194 g/mol. The van der Waals surface area contributed by atoms with Crippen molar-refractivity contribution in [3.8, 4) is 11.5 Å². The quantitative estimate of drug-likeness (QED) is 0.833. The van der Waals surface area contributed by atoms with E-state index in [-0.39, 0.29) is 6.04 Å². The minimum absolute atomic E-state index is 0.172. The highest BCUT2D eigenvalue weighted by Crippen LogP contribution is 2.23. The Hall–Kier alpha value is -1.62. The zero-order valence-electron chi connectivity index (χ0n) is 8.73. The first kappa shape index (κ1) is 9.92. The van der Waals surface area contributed by atoms with E-state index in [4.69, 9.17) is 14.7 Å². The summed E-state index contributed by atoms with van der Waals surface area (Å²) >= 11 is 0. The van der Waals surface area contributed by atoms with Gasteiger partial charge in [-0.1, -0.05) is 12.1 Å². The second-order valence-electron chi connectivity index (χ2n) is 3.36. The number of aromatic nitrogens is 2. The van der Waals surface area contributed by atoms with E-state index < -0.39 is 0 Å². The lowest BCUT2D eigenvalue weighted by atomic mass is 10.2. The molecular formula is C10H13N3O2. The van der Waals surface area contributed by atoms with Crippen LogP contribution in [0, 0.1) is 6.92 Å². The van der Waals surface area contributed by atoms with Crippen LogP contribution < -0.4 is 5.73 Å². The molecule has 1 unspecified atom stereocenters. The molecule has 1 atom stereocenters. The zero-order chi connectivity index (χ0) is 10.8. The first-order valence-electron chi connectivity index (χ1n) is 4.86. The maximum absolute atomic E-state index is 5.79. The van der Waals surface area contributed by atoms with Gasteiger partial charge in [0.15, 0.2) is 5.82 Å². The maximum Gasteiger partial charge on any atom is 0.261 e. The summed E-state index contributed by atoms with van der Waals surface area (Å²) in [5, 5.41) is 3.83. The van der Waals surface area contributed by atoms with Gasteiger partial charge in [0.05, 0.1) is 17.9 Å². The van der Waals surface area contributed by atoms with E-state index in [1.54, 1.807) is 12.3 Å². The molecule has 0 spiro atoms.